The molecule has 0 heterocycles. The normalized spacial score (nSPS) is 10.2. The summed E-state index contributed by atoms with van der Waals surface area (Å²) in [6, 6.07) is -0.231. The summed E-state index contributed by atoms with van der Waals surface area (Å²) in [5.41, 5.74) is 0. The molecular weight excluding hydrogens is 164 g/mol. The molecule has 0 radical (unpaired) electrons. The summed E-state index contributed by atoms with van der Waals surface area (Å²) in [7, 11) is 0. The molecule has 70 valence electrons. The number of rotatable bonds is 3. The molecule has 0 fully saturated rings. The van der Waals surface area contributed by atoms with Crippen molar-refractivity contribution in [2.24, 2.45) is 0 Å². The predicted octanol–water partition coefficient (Wildman–Crippen LogP) is 0.721. The molecule has 0 rings (SSSR count). The van der Waals surface area contributed by atoms with Gasteiger partial charge in [-0.2, -0.15) is 0 Å². The van der Waals surface area contributed by atoms with Crippen molar-refractivity contribution in [1.82, 2.24) is 10.6 Å². The van der Waals surface area contributed by atoms with Gasteiger partial charge >= 0.3 is 6.03 Å². The maximum absolute atomic E-state index is 11.0. The molecule has 0 aromatic rings. The molecular formula is C10H14N2O. The van der Waals surface area contributed by atoms with Crippen LogP contribution in [0.4, 0.5) is 4.79 Å². The minimum atomic E-state index is -0.231. The van der Waals surface area contributed by atoms with E-state index in [9.17, 15) is 4.79 Å². The van der Waals surface area contributed by atoms with Gasteiger partial charge in [0.05, 0.1) is 6.54 Å². The summed E-state index contributed by atoms with van der Waals surface area (Å²) in [5, 5.41) is 5.26. The van der Waals surface area contributed by atoms with E-state index in [1.165, 1.54) is 0 Å². The van der Waals surface area contributed by atoms with Gasteiger partial charge in [0.25, 0.3) is 0 Å². The first kappa shape index (κ1) is 11.4. The number of hydrogen-bond acceptors (Lipinski definition) is 1. The van der Waals surface area contributed by atoms with Crippen LogP contribution >= 0.6 is 0 Å². The van der Waals surface area contributed by atoms with Crippen molar-refractivity contribution < 1.29 is 4.79 Å². The average molecular weight is 178 g/mol. The Hall–Kier alpha value is -1.61. The third-order valence-electron chi connectivity index (χ3n) is 1.32. The van der Waals surface area contributed by atoms with Gasteiger partial charge in [-0.1, -0.05) is 5.92 Å². The second-order valence-corrected chi connectivity index (χ2v) is 2.56. The lowest BCUT2D eigenvalue weighted by atomic mass is 10.2. The summed E-state index contributed by atoms with van der Waals surface area (Å²) in [4.78, 5) is 11.0. The first-order valence-electron chi connectivity index (χ1n) is 4.08. The second kappa shape index (κ2) is 7.06. The van der Waals surface area contributed by atoms with Gasteiger partial charge in [0.2, 0.25) is 0 Å². The van der Waals surface area contributed by atoms with Gasteiger partial charge in [0.1, 0.15) is 0 Å². The van der Waals surface area contributed by atoms with Gasteiger partial charge in [0, 0.05) is 12.5 Å². The van der Waals surface area contributed by atoms with Gasteiger partial charge < -0.3 is 10.6 Å². The quantitative estimate of drug-likeness (QED) is 0.614. The lowest BCUT2D eigenvalue weighted by Gasteiger charge is -2.10. The molecule has 2 N–H and O–H groups in total. The van der Waals surface area contributed by atoms with Crippen molar-refractivity contribution >= 4 is 6.03 Å². The summed E-state index contributed by atoms with van der Waals surface area (Å²) in [6.45, 7) is 3.94. The molecule has 0 aliphatic heterocycles. The molecule has 1 atom stereocenters. The first-order valence-corrected chi connectivity index (χ1v) is 4.08. The topological polar surface area (TPSA) is 41.1 Å². The molecule has 13 heavy (non-hydrogen) atoms. The monoisotopic (exact) mass is 178 g/mol. The lowest BCUT2D eigenvalue weighted by molar-refractivity contribution is 0.239. The molecule has 0 aromatic carbocycles. The van der Waals surface area contributed by atoms with Crippen molar-refractivity contribution in [1.29, 1.82) is 0 Å². The van der Waals surface area contributed by atoms with Crippen LogP contribution < -0.4 is 10.6 Å². The van der Waals surface area contributed by atoms with Crippen LogP contribution in [0.3, 0.4) is 0 Å². The van der Waals surface area contributed by atoms with Crippen LogP contribution in [0.5, 0.6) is 0 Å². The van der Waals surface area contributed by atoms with Gasteiger partial charge in [-0.05, 0) is 13.8 Å². The Bertz CT molecular complexity index is 254. The number of amides is 2. The molecule has 0 saturated heterocycles. The van der Waals surface area contributed by atoms with Crippen LogP contribution in [0.2, 0.25) is 0 Å². The highest BCUT2D eigenvalue weighted by Gasteiger charge is 2.03. The van der Waals surface area contributed by atoms with Crippen LogP contribution in [0.25, 0.3) is 0 Å². The van der Waals surface area contributed by atoms with Crippen LogP contribution in [0.1, 0.15) is 20.3 Å². The molecule has 3 heteroatoms. The zero-order valence-corrected chi connectivity index (χ0v) is 7.98. The summed E-state index contributed by atoms with van der Waals surface area (Å²) in [6.07, 6.45) is 5.62. The van der Waals surface area contributed by atoms with Gasteiger partial charge in [-0.15, -0.1) is 18.3 Å². The Morgan fingerprint density at radius 2 is 2.31 bits per heavy atom. The van der Waals surface area contributed by atoms with Crippen molar-refractivity contribution in [3.63, 3.8) is 0 Å². The fourth-order valence-electron chi connectivity index (χ4n) is 0.715. The smallest absolute Gasteiger partial charge is 0.315 e. The third kappa shape index (κ3) is 6.77. The van der Waals surface area contributed by atoms with Gasteiger partial charge in [0.15, 0.2) is 0 Å². The van der Waals surface area contributed by atoms with E-state index in [2.05, 4.69) is 28.4 Å². The molecule has 2 amide bonds. The summed E-state index contributed by atoms with van der Waals surface area (Å²) >= 11 is 0. The Labute approximate surface area is 79.3 Å². The highest BCUT2D eigenvalue weighted by atomic mass is 16.2. The lowest BCUT2D eigenvalue weighted by Crippen LogP contribution is -2.40. The SMILES string of the molecule is C#CCC(C)NC(=O)NCC#CC. The zero-order valence-electron chi connectivity index (χ0n) is 7.98. The number of nitrogens with one attached hydrogen (secondary N) is 2. The summed E-state index contributed by atoms with van der Waals surface area (Å²) < 4.78 is 0. The predicted molar refractivity (Wildman–Crippen MR) is 52.9 cm³/mol. The molecule has 1 unspecified atom stereocenters. The molecule has 0 aliphatic rings. The Balaban J connectivity index is 3.60. The maximum atomic E-state index is 11.0. The van der Waals surface area contributed by atoms with Crippen LogP contribution in [0, 0.1) is 24.2 Å². The minimum Gasteiger partial charge on any atom is -0.335 e. The van der Waals surface area contributed by atoms with E-state index in [0.29, 0.717) is 13.0 Å². The minimum absolute atomic E-state index is 0.000384. The highest BCUT2D eigenvalue weighted by molar-refractivity contribution is 5.74. The van der Waals surface area contributed by atoms with E-state index in [-0.39, 0.29) is 12.1 Å². The molecule has 0 aromatic heterocycles. The van der Waals surface area contributed by atoms with Crippen molar-refractivity contribution in [3.05, 3.63) is 0 Å². The summed E-state index contributed by atoms with van der Waals surface area (Å²) in [5.74, 6) is 7.87. The molecule has 0 aliphatic carbocycles. The standard InChI is InChI=1S/C10H14N2O/c1-4-6-8-11-10(13)12-9(3)7-5-2/h2,9H,7-8H2,1,3H3,(H2,11,12,13). The van der Waals surface area contributed by atoms with Crippen molar-refractivity contribution in [2.75, 3.05) is 6.54 Å². The van der Waals surface area contributed by atoms with Crippen LogP contribution in [-0.2, 0) is 0 Å². The number of terminal acetylenes is 1. The van der Waals surface area contributed by atoms with E-state index in [4.69, 9.17) is 6.42 Å². The Morgan fingerprint density at radius 3 is 2.85 bits per heavy atom. The van der Waals surface area contributed by atoms with Crippen molar-refractivity contribution in [2.45, 2.75) is 26.3 Å². The van der Waals surface area contributed by atoms with E-state index >= 15 is 0 Å². The van der Waals surface area contributed by atoms with E-state index in [0.717, 1.165) is 0 Å². The number of carbonyl (C=O) groups excluding carboxylic acids is 1. The third-order valence-corrected chi connectivity index (χ3v) is 1.32. The highest BCUT2D eigenvalue weighted by Crippen LogP contribution is 1.86. The van der Waals surface area contributed by atoms with Gasteiger partial charge in [-0.25, -0.2) is 4.79 Å². The van der Waals surface area contributed by atoms with E-state index < -0.39 is 0 Å². The number of carbonyl (C=O) groups is 1. The Morgan fingerprint density at radius 1 is 1.62 bits per heavy atom. The number of hydrogen-bond donors (Lipinski definition) is 2. The largest absolute Gasteiger partial charge is 0.335 e. The molecule has 0 spiro atoms. The van der Waals surface area contributed by atoms with Gasteiger partial charge in [-0.3, -0.25) is 0 Å². The fraction of sp³-hybridized carbons (Fsp3) is 0.500. The van der Waals surface area contributed by atoms with Crippen molar-refractivity contribution in [3.8, 4) is 24.2 Å². The molecule has 0 bridgehead atoms. The second-order valence-electron chi connectivity index (χ2n) is 2.56. The fourth-order valence-corrected chi connectivity index (χ4v) is 0.715. The zero-order chi connectivity index (χ0) is 10.1. The van der Waals surface area contributed by atoms with Crippen LogP contribution in [0.15, 0.2) is 0 Å². The first-order chi connectivity index (χ1) is 6.20. The molecule has 3 nitrogen and oxygen atoms in total. The maximum Gasteiger partial charge on any atom is 0.315 e. The molecule has 0 saturated carbocycles. The average Bonchev–Trinajstić information content (AvgIpc) is 2.05. The number of urea groups is 1. The van der Waals surface area contributed by atoms with Crippen LogP contribution in [-0.4, -0.2) is 18.6 Å². The Kier molecular flexibility index (Phi) is 6.19. The van der Waals surface area contributed by atoms with E-state index in [1.54, 1.807) is 6.92 Å². The van der Waals surface area contributed by atoms with E-state index in [1.807, 2.05) is 6.92 Å².